The number of anilines is 1. The molecule has 1 heterocycles. The third-order valence-electron chi connectivity index (χ3n) is 3.49. The molecule has 2 rings (SSSR count). The van der Waals surface area contributed by atoms with Gasteiger partial charge in [-0.1, -0.05) is 20.8 Å². The molecule has 0 amide bonds. The zero-order valence-electron chi connectivity index (χ0n) is 13.3. The summed E-state index contributed by atoms with van der Waals surface area (Å²) in [6, 6.07) is 5.78. The van der Waals surface area contributed by atoms with Crippen LogP contribution in [-0.2, 0) is 16.7 Å². The molecule has 0 aliphatic rings. The quantitative estimate of drug-likeness (QED) is 0.829. The molecular weight excluding hydrogens is 266 g/mol. The van der Waals surface area contributed by atoms with E-state index in [1.54, 1.807) is 7.11 Å². The molecule has 1 aromatic carbocycles. The Morgan fingerprint density at radius 2 is 2.10 bits per heavy atom. The van der Waals surface area contributed by atoms with Gasteiger partial charge in [-0.25, -0.2) is 4.98 Å². The number of ether oxygens (including phenoxy) is 1. The van der Waals surface area contributed by atoms with Crippen LogP contribution >= 0.6 is 0 Å². The predicted octanol–water partition coefficient (Wildman–Crippen LogP) is 2.31. The fourth-order valence-electron chi connectivity index (χ4n) is 2.50. The first-order chi connectivity index (χ1) is 9.82. The van der Waals surface area contributed by atoms with Crippen LogP contribution in [-0.4, -0.2) is 34.5 Å². The fourth-order valence-corrected chi connectivity index (χ4v) is 2.50. The highest BCUT2D eigenvalue weighted by atomic mass is 16.5. The van der Waals surface area contributed by atoms with Crippen molar-refractivity contribution >= 4 is 16.7 Å². The molecule has 0 aliphatic heterocycles. The van der Waals surface area contributed by atoms with E-state index in [-0.39, 0.29) is 5.41 Å². The highest BCUT2D eigenvalue weighted by Crippen LogP contribution is 2.27. The van der Waals surface area contributed by atoms with Crippen molar-refractivity contribution in [1.82, 2.24) is 9.55 Å². The summed E-state index contributed by atoms with van der Waals surface area (Å²) < 4.78 is 7.16. The fraction of sp³-hybridized carbons (Fsp3) is 0.562. The van der Waals surface area contributed by atoms with Gasteiger partial charge in [-0.05, 0) is 24.6 Å². The van der Waals surface area contributed by atoms with E-state index in [9.17, 15) is 5.11 Å². The van der Waals surface area contributed by atoms with Crippen LogP contribution in [0.1, 0.15) is 33.0 Å². The summed E-state index contributed by atoms with van der Waals surface area (Å²) in [5, 5.41) is 9.88. The summed E-state index contributed by atoms with van der Waals surface area (Å²) in [5.74, 6) is 1.01. The van der Waals surface area contributed by atoms with Crippen LogP contribution in [0, 0.1) is 0 Å². The molecule has 0 fully saturated rings. The molecule has 3 N–H and O–H groups in total. The molecule has 0 spiro atoms. The van der Waals surface area contributed by atoms with Crippen LogP contribution in [0.25, 0.3) is 11.0 Å². The molecule has 5 nitrogen and oxygen atoms in total. The lowest BCUT2D eigenvalue weighted by atomic mass is 9.95. The summed E-state index contributed by atoms with van der Waals surface area (Å²) in [6.45, 7) is 7.47. The van der Waals surface area contributed by atoms with Crippen LogP contribution in [0.5, 0.6) is 0 Å². The topological polar surface area (TPSA) is 73.3 Å². The number of rotatable bonds is 5. The van der Waals surface area contributed by atoms with Gasteiger partial charge in [0.25, 0.3) is 0 Å². The van der Waals surface area contributed by atoms with E-state index in [2.05, 4.69) is 25.3 Å². The van der Waals surface area contributed by atoms with Crippen LogP contribution in [0.3, 0.4) is 0 Å². The van der Waals surface area contributed by atoms with Crippen molar-refractivity contribution < 1.29 is 9.84 Å². The van der Waals surface area contributed by atoms with Gasteiger partial charge < -0.3 is 20.1 Å². The van der Waals surface area contributed by atoms with Gasteiger partial charge in [-0.3, -0.25) is 0 Å². The Hall–Kier alpha value is -1.59. The Kier molecular flexibility index (Phi) is 4.54. The maximum atomic E-state index is 9.88. The number of aliphatic hydroxyl groups is 1. The standard InChI is InChI=1S/C16H25N3O2/c1-16(2,3)15-18-13-9-11(17)5-6-14(13)19(15)8-7-12(20)10-21-4/h5-6,9,12,20H,7-8,10,17H2,1-4H3. The second-order valence-corrected chi connectivity index (χ2v) is 6.48. The van der Waals surface area contributed by atoms with Crippen molar-refractivity contribution in [2.75, 3.05) is 19.5 Å². The lowest BCUT2D eigenvalue weighted by Gasteiger charge is -2.21. The Morgan fingerprint density at radius 1 is 1.38 bits per heavy atom. The summed E-state index contributed by atoms with van der Waals surface area (Å²) in [5.41, 5.74) is 8.45. The largest absolute Gasteiger partial charge is 0.399 e. The van der Waals surface area contributed by atoms with E-state index in [0.717, 1.165) is 16.9 Å². The van der Waals surface area contributed by atoms with Gasteiger partial charge in [0.05, 0.1) is 23.7 Å². The molecule has 0 saturated heterocycles. The maximum Gasteiger partial charge on any atom is 0.115 e. The van der Waals surface area contributed by atoms with Gasteiger partial charge in [0.1, 0.15) is 5.82 Å². The van der Waals surface area contributed by atoms with Crippen LogP contribution in [0.15, 0.2) is 18.2 Å². The maximum absolute atomic E-state index is 9.88. The number of fused-ring (bicyclic) bond motifs is 1. The number of imidazole rings is 1. The SMILES string of the molecule is COCC(O)CCn1c(C(C)(C)C)nc2cc(N)ccc21. The highest BCUT2D eigenvalue weighted by molar-refractivity contribution is 5.79. The Morgan fingerprint density at radius 3 is 2.71 bits per heavy atom. The molecule has 1 aromatic heterocycles. The molecule has 0 saturated carbocycles. The Balaban J connectivity index is 2.39. The minimum atomic E-state index is -0.464. The lowest BCUT2D eigenvalue weighted by molar-refractivity contribution is 0.0564. The smallest absolute Gasteiger partial charge is 0.115 e. The van der Waals surface area contributed by atoms with Gasteiger partial charge in [-0.2, -0.15) is 0 Å². The van der Waals surface area contributed by atoms with E-state index in [1.807, 2.05) is 18.2 Å². The zero-order chi connectivity index (χ0) is 15.6. The third kappa shape index (κ3) is 3.54. The van der Waals surface area contributed by atoms with Gasteiger partial charge in [0.15, 0.2) is 0 Å². The Labute approximate surface area is 125 Å². The number of nitrogen functional groups attached to an aromatic ring is 1. The van der Waals surface area contributed by atoms with E-state index >= 15 is 0 Å². The van der Waals surface area contributed by atoms with Crippen LogP contribution in [0.4, 0.5) is 5.69 Å². The highest BCUT2D eigenvalue weighted by Gasteiger charge is 2.23. The molecule has 2 aromatic rings. The molecule has 1 unspecified atom stereocenters. The number of hydrogen-bond donors (Lipinski definition) is 2. The van der Waals surface area contributed by atoms with Crippen molar-refractivity contribution in [1.29, 1.82) is 0 Å². The first kappa shape index (κ1) is 15.8. The van der Waals surface area contributed by atoms with Gasteiger partial charge in [-0.15, -0.1) is 0 Å². The van der Waals surface area contributed by atoms with Crippen molar-refractivity contribution in [2.24, 2.45) is 0 Å². The number of hydrogen-bond acceptors (Lipinski definition) is 4. The van der Waals surface area contributed by atoms with E-state index < -0.39 is 6.10 Å². The normalized spacial score (nSPS) is 13.8. The molecule has 0 aliphatic carbocycles. The first-order valence-corrected chi connectivity index (χ1v) is 7.26. The molecule has 1 atom stereocenters. The molecule has 21 heavy (non-hydrogen) atoms. The van der Waals surface area contributed by atoms with Crippen molar-refractivity contribution in [3.63, 3.8) is 0 Å². The van der Waals surface area contributed by atoms with Gasteiger partial charge >= 0.3 is 0 Å². The number of nitrogens with zero attached hydrogens (tertiary/aromatic N) is 2. The second-order valence-electron chi connectivity index (χ2n) is 6.48. The Bertz CT molecular complexity index is 614. The molecular formula is C16H25N3O2. The molecule has 116 valence electrons. The summed E-state index contributed by atoms with van der Waals surface area (Å²) in [7, 11) is 1.60. The average molecular weight is 291 g/mol. The van der Waals surface area contributed by atoms with Crippen LogP contribution in [0.2, 0.25) is 0 Å². The minimum Gasteiger partial charge on any atom is -0.399 e. The predicted molar refractivity (Wildman–Crippen MR) is 85.3 cm³/mol. The summed E-state index contributed by atoms with van der Waals surface area (Å²) >= 11 is 0. The molecule has 0 radical (unpaired) electrons. The molecule has 0 bridgehead atoms. The average Bonchev–Trinajstić information content (AvgIpc) is 2.74. The van der Waals surface area contributed by atoms with E-state index in [4.69, 9.17) is 15.5 Å². The monoisotopic (exact) mass is 291 g/mol. The number of benzene rings is 1. The van der Waals surface area contributed by atoms with Crippen molar-refractivity contribution in [3.8, 4) is 0 Å². The zero-order valence-corrected chi connectivity index (χ0v) is 13.3. The third-order valence-corrected chi connectivity index (χ3v) is 3.49. The van der Waals surface area contributed by atoms with Crippen LogP contribution < -0.4 is 5.73 Å². The van der Waals surface area contributed by atoms with E-state index in [1.165, 1.54) is 0 Å². The number of aliphatic hydroxyl groups excluding tert-OH is 1. The second kappa shape index (κ2) is 6.03. The van der Waals surface area contributed by atoms with Gasteiger partial charge in [0, 0.05) is 24.8 Å². The summed E-state index contributed by atoms with van der Waals surface area (Å²) in [6.07, 6.45) is 0.168. The van der Waals surface area contributed by atoms with E-state index in [0.29, 0.717) is 25.3 Å². The lowest BCUT2D eigenvalue weighted by Crippen LogP contribution is -2.22. The first-order valence-electron chi connectivity index (χ1n) is 7.26. The number of aryl methyl sites for hydroxylation is 1. The molecule has 5 heteroatoms. The number of nitrogens with two attached hydrogens (primary N) is 1. The van der Waals surface area contributed by atoms with Crippen molar-refractivity contribution in [3.05, 3.63) is 24.0 Å². The number of aromatic nitrogens is 2. The minimum absolute atomic E-state index is 0.0695. The summed E-state index contributed by atoms with van der Waals surface area (Å²) in [4.78, 5) is 4.74. The van der Waals surface area contributed by atoms with Gasteiger partial charge in [0.2, 0.25) is 0 Å². The number of methoxy groups -OCH3 is 1. The van der Waals surface area contributed by atoms with Crippen molar-refractivity contribution in [2.45, 2.75) is 45.3 Å².